The van der Waals surface area contributed by atoms with E-state index in [-0.39, 0.29) is 11.9 Å². The predicted octanol–water partition coefficient (Wildman–Crippen LogP) is 2.45. The number of benzene rings is 1. The zero-order valence-electron chi connectivity index (χ0n) is 10.7. The summed E-state index contributed by atoms with van der Waals surface area (Å²) in [5.41, 5.74) is 2.12. The summed E-state index contributed by atoms with van der Waals surface area (Å²) in [5.74, 6) is -0.193. The van der Waals surface area contributed by atoms with Crippen LogP contribution in [0.25, 0.3) is 0 Å². The van der Waals surface area contributed by atoms with E-state index in [0.717, 1.165) is 24.1 Å². The average Bonchev–Trinajstić information content (AvgIpc) is 2.74. The molecule has 1 atom stereocenters. The molecule has 3 nitrogen and oxygen atoms in total. The monoisotopic (exact) mass is 247 g/mol. The predicted molar refractivity (Wildman–Crippen MR) is 69.7 cm³/mol. The van der Waals surface area contributed by atoms with Crippen molar-refractivity contribution in [3.05, 3.63) is 53.6 Å². The number of halogens is 1. The molecule has 0 aliphatic carbocycles. The molecule has 1 unspecified atom stereocenters. The van der Waals surface area contributed by atoms with Gasteiger partial charge in [0.1, 0.15) is 5.82 Å². The third kappa shape index (κ3) is 3.17. The SMILES string of the molecule is CCNC(Cc1cnn(C)c1)c1cccc(F)c1. The van der Waals surface area contributed by atoms with Gasteiger partial charge in [0.2, 0.25) is 0 Å². The van der Waals surface area contributed by atoms with Crippen molar-refractivity contribution in [1.29, 1.82) is 0 Å². The lowest BCUT2D eigenvalue weighted by Crippen LogP contribution is -2.22. The minimum absolute atomic E-state index is 0.120. The molecule has 0 saturated heterocycles. The van der Waals surface area contributed by atoms with Crippen LogP contribution in [0.3, 0.4) is 0 Å². The Labute approximate surface area is 107 Å². The van der Waals surface area contributed by atoms with Gasteiger partial charge in [-0.1, -0.05) is 19.1 Å². The van der Waals surface area contributed by atoms with Gasteiger partial charge in [-0.2, -0.15) is 5.10 Å². The van der Waals surface area contributed by atoms with Gasteiger partial charge >= 0.3 is 0 Å². The lowest BCUT2D eigenvalue weighted by molar-refractivity contribution is 0.542. The number of aryl methyl sites for hydroxylation is 1. The Morgan fingerprint density at radius 2 is 2.28 bits per heavy atom. The van der Waals surface area contributed by atoms with Gasteiger partial charge in [-0.3, -0.25) is 4.68 Å². The Balaban J connectivity index is 2.17. The zero-order chi connectivity index (χ0) is 13.0. The van der Waals surface area contributed by atoms with E-state index in [9.17, 15) is 4.39 Å². The van der Waals surface area contributed by atoms with Crippen molar-refractivity contribution in [2.45, 2.75) is 19.4 Å². The molecule has 0 saturated carbocycles. The van der Waals surface area contributed by atoms with E-state index >= 15 is 0 Å². The Morgan fingerprint density at radius 1 is 1.44 bits per heavy atom. The molecule has 0 amide bonds. The summed E-state index contributed by atoms with van der Waals surface area (Å²) in [4.78, 5) is 0. The summed E-state index contributed by atoms with van der Waals surface area (Å²) in [6, 6.07) is 6.88. The van der Waals surface area contributed by atoms with Crippen molar-refractivity contribution in [3.63, 3.8) is 0 Å². The standard InChI is InChI=1S/C14H18FN3/c1-3-16-14(7-11-9-17-18(2)10-11)12-5-4-6-13(15)8-12/h4-6,8-10,14,16H,3,7H2,1-2H3. The van der Waals surface area contributed by atoms with Crippen LogP contribution in [0.2, 0.25) is 0 Å². The van der Waals surface area contributed by atoms with Crippen LogP contribution in [-0.2, 0) is 13.5 Å². The first-order valence-electron chi connectivity index (χ1n) is 6.15. The number of aromatic nitrogens is 2. The molecule has 1 heterocycles. The second kappa shape index (κ2) is 5.78. The summed E-state index contributed by atoms with van der Waals surface area (Å²) < 4.78 is 15.0. The maximum Gasteiger partial charge on any atom is 0.123 e. The zero-order valence-corrected chi connectivity index (χ0v) is 10.7. The quantitative estimate of drug-likeness (QED) is 0.879. The number of nitrogens with zero attached hydrogens (tertiary/aromatic N) is 2. The maximum absolute atomic E-state index is 13.3. The fourth-order valence-electron chi connectivity index (χ4n) is 2.09. The Morgan fingerprint density at radius 3 is 2.89 bits per heavy atom. The first-order valence-corrected chi connectivity index (χ1v) is 6.15. The van der Waals surface area contributed by atoms with Gasteiger partial charge in [0, 0.05) is 19.3 Å². The second-order valence-corrected chi connectivity index (χ2v) is 4.39. The summed E-state index contributed by atoms with van der Waals surface area (Å²) >= 11 is 0. The molecule has 0 bridgehead atoms. The fraction of sp³-hybridized carbons (Fsp3) is 0.357. The number of nitrogens with one attached hydrogen (secondary N) is 1. The van der Waals surface area contributed by atoms with Crippen LogP contribution < -0.4 is 5.32 Å². The number of likely N-dealkylation sites (N-methyl/N-ethyl adjacent to an activating group) is 1. The van der Waals surface area contributed by atoms with Gasteiger partial charge in [0.15, 0.2) is 0 Å². The van der Waals surface area contributed by atoms with Crippen LogP contribution in [0.15, 0.2) is 36.7 Å². The molecule has 18 heavy (non-hydrogen) atoms. The second-order valence-electron chi connectivity index (χ2n) is 4.39. The molecule has 0 aliphatic heterocycles. The Bertz CT molecular complexity index is 507. The van der Waals surface area contributed by atoms with Crippen molar-refractivity contribution in [2.24, 2.45) is 7.05 Å². The Kier molecular flexibility index (Phi) is 4.10. The fourth-order valence-corrected chi connectivity index (χ4v) is 2.09. The van der Waals surface area contributed by atoms with E-state index in [2.05, 4.69) is 17.3 Å². The summed E-state index contributed by atoms with van der Waals surface area (Å²) in [6.45, 7) is 2.90. The van der Waals surface area contributed by atoms with Gasteiger partial charge in [0.25, 0.3) is 0 Å². The number of hydrogen-bond donors (Lipinski definition) is 1. The van der Waals surface area contributed by atoms with Gasteiger partial charge < -0.3 is 5.32 Å². The highest BCUT2D eigenvalue weighted by atomic mass is 19.1. The minimum Gasteiger partial charge on any atom is -0.310 e. The third-order valence-electron chi connectivity index (χ3n) is 2.90. The normalized spacial score (nSPS) is 12.6. The highest BCUT2D eigenvalue weighted by Crippen LogP contribution is 2.19. The molecule has 0 aliphatic rings. The summed E-state index contributed by atoms with van der Waals surface area (Å²) in [7, 11) is 1.90. The number of hydrogen-bond acceptors (Lipinski definition) is 2. The van der Waals surface area contributed by atoms with Gasteiger partial charge in [0.05, 0.1) is 6.20 Å². The summed E-state index contributed by atoms with van der Waals surface area (Å²) in [6.07, 6.45) is 4.65. The molecule has 0 spiro atoms. The molecule has 1 N–H and O–H groups in total. The van der Waals surface area contributed by atoms with E-state index in [4.69, 9.17) is 0 Å². The highest BCUT2D eigenvalue weighted by molar-refractivity contribution is 5.22. The molecule has 0 fully saturated rings. The smallest absolute Gasteiger partial charge is 0.123 e. The van der Waals surface area contributed by atoms with E-state index in [1.807, 2.05) is 25.5 Å². The van der Waals surface area contributed by atoms with Gasteiger partial charge in [-0.05, 0) is 36.2 Å². The van der Waals surface area contributed by atoms with Crippen LogP contribution in [-0.4, -0.2) is 16.3 Å². The molecule has 2 rings (SSSR count). The Hall–Kier alpha value is -1.68. The van der Waals surface area contributed by atoms with Crippen molar-refractivity contribution in [1.82, 2.24) is 15.1 Å². The lowest BCUT2D eigenvalue weighted by Gasteiger charge is -2.17. The topological polar surface area (TPSA) is 29.9 Å². The number of rotatable bonds is 5. The van der Waals surface area contributed by atoms with Crippen LogP contribution >= 0.6 is 0 Å². The van der Waals surface area contributed by atoms with E-state index in [0.29, 0.717) is 0 Å². The van der Waals surface area contributed by atoms with Gasteiger partial charge in [-0.15, -0.1) is 0 Å². The molecule has 96 valence electrons. The van der Waals surface area contributed by atoms with Crippen LogP contribution in [0.5, 0.6) is 0 Å². The van der Waals surface area contributed by atoms with E-state index in [1.54, 1.807) is 16.8 Å². The van der Waals surface area contributed by atoms with Gasteiger partial charge in [-0.25, -0.2) is 4.39 Å². The molecular formula is C14H18FN3. The van der Waals surface area contributed by atoms with Crippen molar-refractivity contribution >= 4 is 0 Å². The molecule has 4 heteroatoms. The molecular weight excluding hydrogens is 229 g/mol. The van der Waals surface area contributed by atoms with E-state index in [1.165, 1.54) is 6.07 Å². The van der Waals surface area contributed by atoms with E-state index < -0.39 is 0 Å². The van der Waals surface area contributed by atoms with Crippen molar-refractivity contribution < 1.29 is 4.39 Å². The largest absolute Gasteiger partial charge is 0.310 e. The highest BCUT2D eigenvalue weighted by Gasteiger charge is 2.12. The molecule has 0 radical (unpaired) electrons. The molecule has 1 aromatic carbocycles. The summed E-state index contributed by atoms with van der Waals surface area (Å²) in [5, 5.41) is 7.54. The minimum atomic E-state index is -0.193. The first kappa shape index (κ1) is 12.8. The molecule has 2 aromatic rings. The average molecular weight is 247 g/mol. The lowest BCUT2D eigenvalue weighted by atomic mass is 10.0. The van der Waals surface area contributed by atoms with Crippen LogP contribution in [0.4, 0.5) is 4.39 Å². The van der Waals surface area contributed by atoms with Crippen molar-refractivity contribution in [3.8, 4) is 0 Å². The van der Waals surface area contributed by atoms with Crippen molar-refractivity contribution in [2.75, 3.05) is 6.54 Å². The first-order chi connectivity index (χ1) is 8.69. The molecule has 1 aromatic heterocycles. The van der Waals surface area contributed by atoms with Crippen LogP contribution in [0.1, 0.15) is 24.1 Å². The third-order valence-corrected chi connectivity index (χ3v) is 2.90. The maximum atomic E-state index is 13.3. The van der Waals surface area contributed by atoms with Crippen LogP contribution in [0, 0.1) is 5.82 Å².